The zero-order valence-corrected chi connectivity index (χ0v) is 20.4. The Morgan fingerprint density at radius 2 is 1.49 bits per heavy atom. The van der Waals surface area contributed by atoms with Crippen LogP contribution < -0.4 is 20.4 Å². The number of aliphatic carboxylic acids is 4. The number of nitrogens with two attached hydrogens (primary N) is 1. The Morgan fingerprint density at radius 3 is 1.94 bits per heavy atom. The number of thioether (sulfide) groups is 1. The number of hydrogen-bond acceptors (Lipinski definition) is 9. The van der Waals surface area contributed by atoms with Crippen LogP contribution in [0.4, 0.5) is 0 Å². The van der Waals surface area contributed by atoms with Gasteiger partial charge in [0.2, 0.25) is 5.84 Å². The second-order valence-corrected chi connectivity index (χ2v) is 8.06. The topological polar surface area (TPSA) is 201 Å². The molecule has 0 saturated heterocycles. The minimum absolute atomic E-state index is 0.931. The first kappa shape index (κ1) is 31.3. The van der Waals surface area contributed by atoms with Crippen molar-refractivity contribution in [3.8, 4) is 0 Å². The Labute approximate surface area is 206 Å². The summed E-state index contributed by atoms with van der Waals surface area (Å²) in [4.78, 5) is 41.8. The molecule has 0 aliphatic rings. The molecule has 0 unspecified atom stereocenters. The SMILES string of the molecule is CN=C([NH2+]CCSCc1ccc(C[NH+](C)C)o1)c1ccccc1.O=C([O-])C(=O)O.O=C([O-])C(=O)O. The van der Waals surface area contributed by atoms with Gasteiger partial charge >= 0.3 is 11.9 Å². The van der Waals surface area contributed by atoms with Gasteiger partial charge in [0, 0.05) is 12.8 Å². The fourth-order valence-electron chi connectivity index (χ4n) is 2.34. The lowest BCUT2D eigenvalue weighted by atomic mass is 10.2. The average Bonchev–Trinajstić information content (AvgIpc) is 3.24. The molecule has 1 aromatic heterocycles. The Balaban J connectivity index is 0.000000797. The zero-order chi connectivity index (χ0) is 26.8. The molecule has 35 heavy (non-hydrogen) atoms. The summed E-state index contributed by atoms with van der Waals surface area (Å²) in [7, 11) is 6.11. The van der Waals surface area contributed by atoms with Gasteiger partial charge in [-0.2, -0.15) is 0 Å². The highest BCUT2D eigenvalue weighted by Crippen LogP contribution is 2.14. The van der Waals surface area contributed by atoms with E-state index in [1.165, 1.54) is 10.5 Å². The summed E-state index contributed by atoms with van der Waals surface area (Å²) in [5.41, 5.74) is 1.18. The van der Waals surface area contributed by atoms with Crippen molar-refractivity contribution in [1.29, 1.82) is 0 Å². The minimum atomic E-state index is -2.07. The molecule has 0 saturated carbocycles. The van der Waals surface area contributed by atoms with E-state index in [9.17, 15) is 0 Å². The molecule has 0 fully saturated rings. The van der Waals surface area contributed by atoms with Crippen molar-refractivity contribution in [3.63, 3.8) is 0 Å². The standard InChI is InChI=1S/C18H25N3OS.2C2H2O4/c1-19-18(15-7-5-4-6-8-15)20-11-12-23-14-17-10-9-16(22-17)13-21(2)3;2*3-1(4)2(5)6/h4-10H,11-14H2,1-3H3,(H,19,20);2*(H,3,4)(H,5,6). The maximum Gasteiger partial charge on any atom is 0.351 e. The largest absolute Gasteiger partial charge is 0.539 e. The van der Waals surface area contributed by atoms with Crippen molar-refractivity contribution in [3.05, 3.63) is 59.5 Å². The number of benzene rings is 1. The molecule has 2 rings (SSSR count). The molecular weight excluding hydrogens is 482 g/mol. The van der Waals surface area contributed by atoms with E-state index in [4.69, 9.17) is 44.0 Å². The molecule has 12 nitrogen and oxygen atoms in total. The first-order chi connectivity index (χ1) is 16.5. The maximum atomic E-state index is 9.04. The molecule has 13 heteroatoms. The van der Waals surface area contributed by atoms with Gasteiger partial charge in [-0.15, -0.1) is 11.8 Å². The first-order valence-corrected chi connectivity index (χ1v) is 11.3. The minimum Gasteiger partial charge on any atom is -0.539 e. The number of rotatable bonds is 8. The quantitative estimate of drug-likeness (QED) is 0.119. The van der Waals surface area contributed by atoms with Gasteiger partial charge in [0.1, 0.15) is 12.3 Å². The molecule has 0 aliphatic heterocycles. The molecule has 0 atom stereocenters. The van der Waals surface area contributed by atoms with E-state index in [0.29, 0.717) is 0 Å². The van der Waals surface area contributed by atoms with Crippen LogP contribution in [0.15, 0.2) is 51.9 Å². The van der Waals surface area contributed by atoms with Crippen molar-refractivity contribution in [2.24, 2.45) is 4.99 Å². The fraction of sp³-hybridized carbons (Fsp3) is 0.318. The third-order valence-corrected chi connectivity index (χ3v) is 4.76. The van der Waals surface area contributed by atoms with E-state index >= 15 is 0 Å². The lowest BCUT2D eigenvalue weighted by molar-refractivity contribution is -0.873. The molecule has 192 valence electrons. The fourth-order valence-corrected chi connectivity index (χ4v) is 3.13. The van der Waals surface area contributed by atoms with Gasteiger partial charge in [0.25, 0.3) is 0 Å². The Morgan fingerprint density at radius 1 is 0.971 bits per heavy atom. The molecule has 0 aliphatic carbocycles. The summed E-state index contributed by atoms with van der Waals surface area (Å²) in [6.45, 7) is 1.95. The second-order valence-electron chi connectivity index (χ2n) is 6.96. The van der Waals surface area contributed by atoms with E-state index in [0.717, 1.165) is 42.0 Å². The first-order valence-electron chi connectivity index (χ1n) is 10.2. The van der Waals surface area contributed by atoms with Crippen molar-refractivity contribution < 1.29 is 54.2 Å². The summed E-state index contributed by atoms with van der Waals surface area (Å²) in [6, 6.07) is 14.5. The van der Waals surface area contributed by atoms with Gasteiger partial charge in [-0.05, 0) is 24.3 Å². The van der Waals surface area contributed by atoms with Gasteiger partial charge in [0.05, 0.1) is 32.0 Å². The van der Waals surface area contributed by atoms with Crippen LogP contribution >= 0.6 is 11.8 Å². The number of carboxylic acids is 4. The molecule has 2 aromatic rings. The molecule has 0 spiro atoms. The van der Waals surface area contributed by atoms with Crippen LogP contribution in [0.2, 0.25) is 0 Å². The molecule has 0 radical (unpaired) electrons. The summed E-state index contributed by atoms with van der Waals surface area (Å²) in [6.07, 6.45) is 0. The van der Waals surface area contributed by atoms with Crippen LogP contribution in [0, 0.1) is 0 Å². The molecule has 0 amide bonds. The molecule has 1 heterocycles. The normalized spacial score (nSPS) is 10.5. The number of furan rings is 1. The van der Waals surface area contributed by atoms with Crippen molar-refractivity contribution in [1.82, 2.24) is 0 Å². The van der Waals surface area contributed by atoms with Crippen LogP contribution in [0.1, 0.15) is 17.1 Å². The van der Waals surface area contributed by atoms with Gasteiger partial charge < -0.3 is 39.3 Å². The summed E-state index contributed by atoms with van der Waals surface area (Å²) in [5.74, 6) is -2.81. The highest BCUT2D eigenvalue weighted by molar-refractivity contribution is 7.98. The number of carbonyl (C=O) groups is 4. The Bertz CT molecular complexity index is 928. The van der Waals surface area contributed by atoms with Gasteiger partial charge in [-0.25, -0.2) is 14.6 Å². The smallest absolute Gasteiger partial charge is 0.351 e. The number of hydrogen-bond donors (Lipinski definition) is 4. The third kappa shape index (κ3) is 15.7. The van der Waals surface area contributed by atoms with E-state index in [-0.39, 0.29) is 0 Å². The summed E-state index contributed by atoms with van der Waals surface area (Å²) < 4.78 is 5.84. The van der Waals surface area contributed by atoms with Crippen LogP contribution in [-0.4, -0.2) is 73.4 Å². The number of amidine groups is 1. The zero-order valence-electron chi connectivity index (χ0n) is 19.6. The van der Waals surface area contributed by atoms with E-state index in [2.05, 4.69) is 48.7 Å². The summed E-state index contributed by atoms with van der Waals surface area (Å²) >= 11 is 1.90. The lowest BCUT2D eigenvalue weighted by Gasteiger charge is -2.04. The maximum absolute atomic E-state index is 9.04. The predicted molar refractivity (Wildman–Crippen MR) is 122 cm³/mol. The van der Waals surface area contributed by atoms with Crippen LogP contribution in [0.25, 0.3) is 0 Å². The Kier molecular flexibility index (Phi) is 15.9. The monoisotopic (exact) mass is 511 g/mol. The van der Waals surface area contributed by atoms with Crippen LogP contribution in [0.3, 0.4) is 0 Å². The molecule has 1 aromatic carbocycles. The van der Waals surface area contributed by atoms with Gasteiger partial charge in [-0.3, -0.25) is 5.32 Å². The number of quaternary nitrogens is 2. The third-order valence-electron chi connectivity index (χ3n) is 3.75. The van der Waals surface area contributed by atoms with Crippen LogP contribution in [0.5, 0.6) is 0 Å². The molecular formula is C22H29N3O9S. The molecule has 0 bridgehead atoms. The van der Waals surface area contributed by atoms with Crippen molar-refractivity contribution in [2.75, 3.05) is 33.4 Å². The van der Waals surface area contributed by atoms with Crippen molar-refractivity contribution >= 4 is 41.5 Å². The number of nitrogens with one attached hydrogen (secondary N) is 1. The Hall–Kier alpha value is -3.68. The number of aliphatic imine (C=N–C) groups is 1. The summed E-state index contributed by atoms with van der Waals surface area (Å²) in [5, 5.41) is 34.8. The highest BCUT2D eigenvalue weighted by Gasteiger charge is 2.07. The molecule has 5 N–H and O–H groups in total. The van der Waals surface area contributed by atoms with E-state index in [1.54, 1.807) is 0 Å². The number of carboxylic acid groups (broad SMARTS) is 4. The van der Waals surface area contributed by atoms with Crippen molar-refractivity contribution in [2.45, 2.75) is 12.3 Å². The average molecular weight is 512 g/mol. The van der Waals surface area contributed by atoms with Gasteiger partial charge in [-0.1, -0.05) is 18.2 Å². The highest BCUT2D eigenvalue weighted by atomic mass is 32.2. The van der Waals surface area contributed by atoms with Crippen LogP contribution in [-0.2, 0) is 31.5 Å². The number of carbonyl (C=O) groups excluding carboxylic acids is 2. The second kappa shape index (κ2) is 17.8. The number of nitrogens with zero attached hydrogens (tertiary/aromatic N) is 1. The predicted octanol–water partition coefficient (Wildman–Crippen LogP) is -3.56. The van der Waals surface area contributed by atoms with E-state index < -0.39 is 23.9 Å². The van der Waals surface area contributed by atoms with Gasteiger partial charge in [0.15, 0.2) is 17.7 Å². The van der Waals surface area contributed by atoms with E-state index in [1.807, 2.05) is 37.0 Å². The lowest BCUT2D eigenvalue weighted by Crippen LogP contribution is -3.04.